The highest BCUT2D eigenvalue weighted by Crippen LogP contribution is 2.40. The van der Waals surface area contributed by atoms with Gasteiger partial charge in [0.05, 0.1) is 23.7 Å². The summed E-state index contributed by atoms with van der Waals surface area (Å²) in [6.07, 6.45) is 1.82. The molecule has 1 aliphatic heterocycles. The van der Waals surface area contributed by atoms with E-state index >= 15 is 0 Å². The third-order valence-corrected chi connectivity index (χ3v) is 6.72. The van der Waals surface area contributed by atoms with E-state index in [9.17, 15) is 9.59 Å². The van der Waals surface area contributed by atoms with E-state index in [4.69, 9.17) is 14.5 Å². The molecule has 0 N–H and O–H groups in total. The molecule has 1 amide bonds. The third-order valence-electron chi connectivity index (χ3n) is 5.73. The summed E-state index contributed by atoms with van der Waals surface area (Å²) in [5, 5.41) is 0.825. The molecule has 0 spiro atoms. The number of hydrogen-bond donors (Lipinski definition) is 0. The van der Waals surface area contributed by atoms with Gasteiger partial charge in [0, 0.05) is 16.6 Å². The first-order valence-electron chi connectivity index (χ1n) is 11.5. The SMILES string of the molecule is Cc1sc(-c2ccccn2)nc1-c1ccc2c(c1)N(C(C)C(=O)OCCC(C)C)C(=O)C(C)O2. The van der Waals surface area contributed by atoms with Crippen LogP contribution < -0.4 is 9.64 Å². The molecule has 7 nitrogen and oxygen atoms in total. The van der Waals surface area contributed by atoms with Crippen molar-refractivity contribution < 1.29 is 19.1 Å². The van der Waals surface area contributed by atoms with Crippen LogP contribution in [-0.2, 0) is 14.3 Å². The zero-order valence-corrected chi connectivity index (χ0v) is 20.9. The lowest BCUT2D eigenvalue weighted by molar-refractivity contribution is -0.147. The minimum Gasteiger partial charge on any atom is -0.479 e. The van der Waals surface area contributed by atoms with Crippen LogP contribution in [0.15, 0.2) is 42.6 Å². The van der Waals surface area contributed by atoms with Gasteiger partial charge in [-0.05, 0) is 63.4 Å². The van der Waals surface area contributed by atoms with Crippen LogP contribution in [-0.4, -0.2) is 40.6 Å². The number of benzene rings is 1. The van der Waals surface area contributed by atoms with Crippen LogP contribution in [0, 0.1) is 12.8 Å². The van der Waals surface area contributed by atoms with Gasteiger partial charge in [-0.2, -0.15) is 0 Å². The number of carbonyl (C=O) groups is 2. The van der Waals surface area contributed by atoms with Crippen LogP contribution in [0.2, 0.25) is 0 Å². The zero-order chi connectivity index (χ0) is 24.4. The minimum atomic E-state index is -0.777. The maximum atomic E-state index is 13.1. The van der Waals surface area contributed by atoms with E-state index in [0.29, 0.717) is 24.0 Å². The molecular weight excluding hydrogens is 450 g/mol. The molecule has 1 aromatic carbocycles. The number of amides is 1. The smallest absolute Gasteiger partial charge is 0.328 e. The number of nitrogens with zero attached hydrogens (tertiary/aromatic N) is 3. The molecule has 3 heterocycles. The average Bonchev–Trinajstić information content (AvgIpc) is 3.21. The van der Waals surface area contributed by atoms with E-state index in [0.717, 1.165) is 33.3 Å². The number of aromatic nitrogens is 2. The molecule has 0 radical (unpaired) electrons. The van der Waals surface area contributed by atoms with Gasteiger partial charge in [0.1, 0.15) is 16.8 Å². The number of thiazole rings is 1. The fourth-order valence-corrected chi connectivity index (χ4v) is 4.70. The number of rotatable bonds is 7. The number of esters is 1. The van der Waals surface area contributed by atoms with Gasteiger partial charge < -0.3 is 9.47 Å². The summed E-state index contributed by atoms with van der Waals surface area (Å²) in [4.78, 5) is 37.6. The van der Waals surface area contributed by atoms with Crippen LogP contribution in [0.25, 0.3) is 22.0 Å². The van der Waals surface area contributed by atoms with Gasteiger partial charge in [0.2, 0.25) is 0 Å². The van der Waals surface area contributed by atoms with Gasteiger partial charge in [0.15, 0.2) is 6.10 Å². The Morgan fingerprint density at radius 2 is 2.03 bits per heavy atom. The van der Waals surface area contributed by atoms with E-state index in [1.807, 2.05) is 43.3 Å². The van der Waals surface area contributed by atoms with Gasteiger partial charge in [0.25, 0.3) is 5.91 Å². The number of ether oxygens (including phenoxy) is 2. The first-order valence-corrected chi connectivity index (χ1v) is 12.3. The molecule has 0 saturated heterocycles. The zero-order valence-electron chi connectivity index (χ0n) is 20.1. The first kappa shape index (κ1) is 23.9. The van der Waals surface area contributed by atoms with Crippen molar-refractivity contribution in [2.45, 2.75) is 53.2 Å². The summed E-state index contributed by atoms with van der Waals surface area (Å²) in [6.45, 7) is 9.86. The van der Waals surface area contributed by atoms with Crippen molar-refractivity contribution in [2.24, 2.45) is 5.92 Å². The normalized spacial score (nSPS) is 16.2. The second-order valence-electron chi connectivity index (χ2n) is 8.82. The second-order valence-corrected chi connectivity index (χ2v) is 10.0. The molecule has 34 heavy (non-hydrogen) atoms. The van der Waals surface area contributed by atoms with Gasteiger partial charge in [-0.15, -0.1) is 11.3 Å². The monoisotopic (exact) mass is 479 g/mol. The topological polar surface area (TPSA) is 81.6 Å². The number of aryl methyl sites for hydroxylation is 1. The van der Waals surface area contributed by atoms with Gasteiger partial charge in [-0.3, -0.25) is 14.7 Å². The Morgan fingerprint density at radius 1 is 1.24 bits per heavy atom. The van der Waals surface area contributed by atoms with Crippen molar-refractivity contribution in [3.8, 4) is 27.7 Å². The summed E-state index contributed by atoms with van der Waals surface area (Å²) >= 11 is 1.56. The molecule has 0 fully saturated rings. The number of carbonyl (C=O) groups excluding carboxylic acids is 2. The molecule has 0 bridgehead atoms. The fraction of sp³-hybridized carbons (Fsp3) is 0.385. The Morgan fingerprint density at radius 3 is 2.74 bits per heavy atom. The van der Waals surface area contributed by atoms with Crippen LogP contribution in [0.5, 0.6) is 5.75 Å². The molecule has 8 heteroatoms. The van der Waals surface area contributed by atoms with Crippen molar-refractivity contribution in [3.63, 3.8) is 0 Å². The number of anilines is 1. The molecular formula is C26H29N3O4S. The van der Waals surface area contributed by atoms with Crippen LogP contribution in [0.3, 0.4) is 0 Å². The Bertz CT molecular complexity index is 1190. The number of pyridine rings is 1. The van der Waals surface area contributed by atoms with Crippen LogP contribution >= 0.6 is 11.3 Å². The number of hydrogen-bond acceptors (Lipinski definition) is 7. The highest BCUT2D eigenvalue weighted by atomic mass is 32.1. The molecule has 2 aromatic heterocycles. The van der Waals surface area contributed by atoms with E-state index in [1.165, 1.54) is 4.90 Å². The minimum absolute atomic E-state index is 0.276. The Labute approximate surface area is 203 Å². The van der Waals surface area contributed by atoms with E-state index < -0.39 is 18.1 Å². The lowest BCUT2D eigenvalue weighted by Gasteiger charge is -2.36. The molecule has 2 atom stereocenters. The summed E-state index contributed by atoms with van der Waals surface area (Å²) in [7, 11) is 0. The summed E-state index contributed by atoms with van der Waals surface area (Å²) < 4.78 is 11.3. The molecule has 0 saturated carbocycles. The van der Waals surface area contributed by atoms with E-state index in [1.54, 1.807) is 31.4 Å². The molecule has 4 rings (SSSR count). The van der Waals surface area contributed by atoms with Crippen LogP contribution in [0.4, 0.5) is 5.69 Å². The first-order chi connectivity index (χ1) is 16.3. The summed E-state index contributed by atoms with van der Waals surface area (Å²) in [5.41, 5.74) is 3.00. The van der Waals surface area contributed by atoms with Crippen LogP contribution in [0.1, 0.15) is 39.0 Å². The van der Waals surface area contributed by atoms with E-state index in [-0.39, 0.29) is 5.91 Å². The summed E-state index contributed by atoms with van der Waals surface area (Å²) in [6, 6.07) is 10.6. The Balaban J connectivity index is 1.67. The van der Waals surface area contributed by atoms with Crippen molar-refractivity contribution in [3.05, 3.63) is 47.5 Å². The second kappa shape index (κ2) is 9.93. The fourth-order valence-electron chi connectivity index (χ4n) is 3.79. The highest BCUT2D eigenvalue weighted by molar-refractivity contribution is 7.15. The predicted octanol–water partition coefficient (Wildman–Crippen LogP) is 5.27. The molecule has 1 aliphatic rings. The molecule has 2 unspecified atom stereocenters. The van der Waals surface area contributed by atoms with E-state index in [2.05, 4.69) is 18.8 Å². The third kappa shape index (κ3) is 4.82. The average molecular weight is 480 g/mol. The lowest BCUT2D eigenvalue weighted by Crippen LogP contribution is -2.52. The van der Waals surface area contributed by atoms with Crippen molar-refractivity contribution in [1.29, 1.82) is 0 Å². The molecule has 0 aliphatic carbocycles. The molecule has 3 aromatic rings. The van der Waals surface area contributed by atoms with Crippen molar-refractivity contribution >= 4 is 28.9 Å². The van der Waals surface area contributed by atoms with Gasteiger partial charge in [-0.25, -0.2) is 9.78 Å². The number of fused-ring (bicyclic) bond motifs is 1. The van der Waals surface area contributed by atoms with Crippen molar-refractivity contribution in [1.82, 2.24) is 9.97 Å². The predicted molar refractivity (Wildman–Crippen MR) is 133 cm³/mol. The maximum absolute atomic E-state index is 13.1. The standard InChI is InChI=1S/C26H29N3O4S/c1-15(2)11-13-32-26(31)16(3)29-21-14-19(9-10-22(21)33-17(4)25(29)30)23-18(5)34-24(28-23)20-8-6-7-12-27-20/h6-10,12,14-17H,11,13H2,1-5H3. The Kier molecular flexibility index (Phi) is 6.97. The van der Waals surface area contributed by atoms with Crippen molar-refractivity contribution in [2.75, 3.05) is 11.5 Å². The van der Waals surface area contributed by atoms with Gasteiger partial charge in [-0.1, -0.05) is 19.9 Å². The quantitative estimate of drug-likeness (QED) is 0.429. The largest absolute Gasteiger partial charge is 0.479 e. The summed E-state index contributed by atoms with van der Waals surface area (Å²) in [5.74, 6) is 0.271. The Hall–Kier alpha value is -3.26. The van der Waals surface area contributed by atoms with Gasteiger partial charge >= 0.3 is 5.97 Å². The lowest BCUT2D eigenvalue weighted by atomic mass is 10.1. The highest BCUT2D eigenvalue weighted by Gasteiger charge is 2.38. The molecule has 178 valence electrons. The maximum Gasteiger partial charge on any atom is 0.328 e.